The Morgan fingerprint density at radius 3 is 1.33 bits per heavy atom. The molecule has 0 saturated carbocycles. The average Bonchev–Trinajstić information content (AvgIpc) is 2.66. The van der Waals surface area contributed by atoms with Crippen LogP contribution in [-0.4, -0.2) is 6.61 Å². The smallest absolute Gasteiger partial charge is 0.145 e. The Morgan fingerprint density at radius 2 is 1.04 bits per heavy atom. The summed E-state index contributed by atoms with van der Waals surface area (Å²) >= 11 is 0. The van der Waals surface area contributed by atoms with Crippen LogP contribution in [0.1, 0.15) is 40.3 Å². The average molecular weight is 377 g/mol. The van der Waals surface area contributed by atoms with Crippen LogP contribution in [0.5, 0.6) is 0 Å². The van der Waals surface area contributed by atoms with E-state index in [0.717, 1.165) is 33.4 Å². The Bertz CT molecular complexity index is 851. The fraction of sp³-hybridized carbons (Fsp3) is 0.250. The Labute approximate surface area is 163 Å². The van der Waals surface area contributed by atoms with Gasteiger partial charge in [0.2, 0.25) is 0 Å². The van der Waals surface area contributed by atoms with Crippen molar-refractivity contribution in [2.45, 2.75) is 32.9 Å². The molecule has 0 saturated heterocycles. The molecule has 3 heteroatoms. The molecule has 0 aliphatic heterocycles. The Balaban J connectivity index is 2.51. The SMILES string of the molecule is CCO[P+](=O)C(c1ccccc1C)(c1ccccc1C)c1ccccc1C. The van der Waals surface area contributed by atoms with Crippen molar-refractivity contribution < 1.29 is 9.09 Å². The molecule has 1 atom stereocenters. The first-order chi connectivity index (χ1) is 13.0. The van der Waals surface area contributed by atoms with Crippen molar-refractivity contribution in [3.63, 3.8) is 0 Å². The molecule has 1 unspecified atom stereocenters. The number of hydrogen-bond acceptors (Lipinski definition) is 2. The largest absolute Gasteiger partial charge is 0.529 e. The first-order valence-electron chi connectivity index (χ1n) is 9.32. The fourth-order valence-electron chi connectivity index (χ4n) is 3.88. The summed E-state index contributed by atoms with van der Waals surface area (Å²) in [5, 5.41) is -0.854. The first kappa shape index (κ1) is 19.5. The van der Waals surface area contributed by atoms with Crippen LogP contribution in [0.25, 0.3) is 0 Å². The van der Waals surface area contributed by atoms with Gasteiger partial charge in [-0.15, -0.1) is 4.52 Å². The van der Waals surface area contributed by atoms with Gasteiger partial charge in [-0.05, 0) is 49.0 Å². The molecule has 138 valence electrons. The summed E-state index contributed by atoms with van der Waals surface area (Å²) < 4.78 is 19.7. The highest BCUT2D eigenvalue weighted by Crippen LogP contribution is 2.59. The molecule has 0 aliphatic rings. The van der Waals surface area contributed by atoms with E-state index in [4.69, 9.17) is 4.52 Å². The normalized spacial score (nSPS) is 12.1. The molecule has 0 bridgehead atoms. The molecule has 3 rings (SSSR count). The minimum absolute atomic E-state index is 0.403. The van der Waals surface area contributed by atoms with Gasteiger partial charge in [0.05, 0.1) is 6.61 Å². The van der Waals surface area contributed by atoms with Gasteiger partial charge in [-0.2, -0.15) is 0 Å². The lowest BCUT2D eigenvalue weighted by Crippen LogP contribution is -2.29. The molecule has 27 heavy (non-hydrogen) atoms. The van der Waals surface area contributed by atoms with Gasteiger partial charge in [0.25, 0.3) is 5.16 Å². The third kappa shape index (κ3) is 3.36. The molecule has 0 amide bonds. The van der Waals surface area contributed by atoms with E-state index in [2.05, 4.69) is 57.2 Å². The van der Waals surface area contributed by atoms with Crippen LogP contribution < -0.4 is 0 Å². The van der Waals surface area contributed by atoms with Crippen LogP contribution in [-0.2, 0) is 14.2 Å². The zero-order valence-electron chi connectivity index (χ0n) is 16.4. The Morgan fingerprint density at radius 1 is 0.704 bits per heavy atom. The highest BCUT2D eigenvalue weighted by molar-refractivity contribution is 7.41. The molecule has 3 aromatic carbocycles. The van der Waals surface area contributed by atoms with Gasteiger partial charge in [-0.3, -0.25) is 0 Å². The van der Waals surface area contributed by atoms with Crippen LogP contribution in [0.15, 0.2) is 72.8 Å². The van der Waals surface area contributed by atoms with Crippen molar-refractivity contribution in [3.8, 4) is 0 Å². The van der Waals surface area contributed by atoms with Crippen molar-refractivity contribution in [2.24, 2.45) is 0 Å². The zero-order valence-corrected chi connectivity index (χ0v) is 17.3. The van der Waals surface area contributed by atoms with Crippen LogP contribution in [0.2, 0.25) is 0 Å². The summed E-state index contributed by atoms with van der Waals surface area (Å²) in [6.45, 7) is 8.54. The van der Waals surface area contributed by atoms with Crippen LogP contribution in [0.4, 0.5) is 0 Å². The van der Waals surface area contributed by atoms with Crippen molar-refractivity contribution in [1.82, 2.24) is 0 Å². The third-order valence-corrected chi connectivity index (χ3v) is 6.89. The second-order valence-electron chi connectivity index (χ2n) is 6.83. The topological polar surface area (TPSA) is 26.3 Å². The highest BCUT2D eigenvalue weighted by atomic mass is 31.1. The van der Waals surface area contributed by atoms with E-state index in [1.807, 2.05) is 43.3 Å². The van der Waals surface area contributed by atoms with Gasteiger partial charge in [0, 0.05) is 16.7 Å². The van der Waals surface area contributed by atoms with E-state index in [1.165, 1.54) is 0 Å². The Kier molecular flexibility index (Phi) is 5.89. The van der Waals surface area contributed by atoms with E-state index in [-0.39, 0.29) is 0 Å². The predicted molar refractivity (Wildman–Crippen MR) is 113 cm³/mol. The molecule has 0 N–H and O–H groups in total. The number of rotatable bonds is 6. The van der Waals surface area contributed by atoms with Gasteiger partial charge < -0.3 is 0 Å². The van der Waals surface area contributed by atoms with E-state index in [0.29, 0.717) is 6.61 Å². The highest BCUT2D eigenvalue weighted by Gasteiger charge is 2.57. The molecule has 0 aliphatic carbocycles. The lowest BCUT2D eigenvalue weighted by molar-refractivity contribution is 0.339. The molecule has 0 spiro atoms. The summed E-state index contributed by atoms with van der Waals surface area (Å²) in [7, 11) is -2.06. The summed E-state index contributed by atoms with van der Waals surface area (Å²) in [5.74, 6) is 0. The molecule has 0 radical (unpaired) electrons. The minimum atomic E-state index is -2.06. The third-order valence-electron chi connectivity index (χ3n) is 5.12. The molecule has 0 heterocycles. The molecule has 0 fully saturated rings. The summed E-state index contributed by atoms with van der Waals surface area (Å²) in [5.41, 5.74) is 6.40. The minimum Gasteiger partial charge on any atom is -0.145 e. The van der Waals surface area contributed by atoms with Gasteiger partial charge in [0.15, 0.2) is 0 Å². The predicted octanol–water partition coefficient (Wildman–Crippen LogP) is 6.68. The number of benzene rings is 3. The van der Waals surface area contributed by atoms with E-state index < -0.39 is 13.2 Å². The van der Waals surface area contributed by atoms with Crippen molar-refractivity contribution in [1.29, 1.82) is 0 Å². The van der Waals surface area contributed by atoms with E-state index >= 15 is 0 Å². The van der Waals surface area contributed by atoms with E-state index in [9.17, 15) is 4.57 Å². The van der Waals surface area contributed by atoms with Crippen molar-refractivity contribution in [3.05, 3.63) is 106 Å². The summed E-state index contributed by atoms with van der Waals surface area (Å²) in [4.78, 5) is 0. The van der Waals surface area contributed by atoms with Gasteiger partial charge in [0.1, 0.15) is 0 Å². The number of aryl methyl sites for hydroxylation is 3. The molecule has 2 nitrogen and oxygen atoms in total. The van der Waals surface area contributed by atoms with Gasteiger partial charge in [-0.25, -0.2) is 0 Å². The Hall–Kier alpha value is -2.28. The molecular weight excluding hydrogens is 351 g/mol. The maximum atomic E-state index is 13.8. The van der Waals surface area contributed by atoms with Crippen LogP contribution in [0, 0.1) is 20.8 Å². The summed E-state index contributed by atoms with van der Waals surface area (Å²) in [6.07, 6.45) is 0. The number of hydrogen-bond donors (Lipinski definition) is 0. The van der Waals surface area contributed by atoms with Gasteiger partial charge in [-0.1, -0.05) is 72.8 Å². The lowest BCUT2D eigenvalue weighted by Gasteiger charge is -2.28. The zero-order chi connectivity index (χ0) is 19.4. The first-order valence-corrected chi connectivity index (χ1v) is 10.5. The second-order valence-corrected chi connectivity index (χ2v) is 8.27. The molecule has 0 aromatic heterocycles. The molecule has 3 aromatic rings. The maximum absolute atomic E-state index is 13.8. The van der Waals surface area contributed by atoms with Crippen LogP contribution in [0.3, 0.4) is 0 Å². The monoisotopic (exact) mass is 377 g/mol. The standard InChI is InChI=1S/C24H26O2P/c1-5-26-27(25)24(21-15-9-6-12-18(21)2,22-16-10-7-13-19(22)3)23-17-11-8-14-20(23)4/h6-17H,5H2,1-4H3/q+1. The summed E-state index contributed by atoms with van der Waals surface area (Å²) in [6, 6.07) is 24.6. The van der Waals surface area contributed by atoms with Crippen molar-refractivity contribution in [2.75, 3.05) is 6.61 Å². The maximum Gasteiger partial charge on any atom is 0.529 e. The van der Waals surface area contributed by atoms with Gasteiger partial charge >= 0.3 is 8.03 Å². The van der Waals surface area contributed by atoms with Crippen LogP contribution >= 0.6 is 8.03 Å². The lowest BCUT2D eigenvalue weighted by atomic mass is 9.78. The second kappa shape index (κ2) is 8.17. The fourth-order valence-corrected chi connectivity index (χ4v) is 5.65. The quantitative estimate of drug-likeness (QED) is 0.354. The molecular formula is C24H26O2P+. The van der Waals surface area contributed by atoms with E-state index in [1.54, 1.807) is 0 Å². The van der Waals surface area contributed by atoms with Crippen molar-refractivity contribution >= 4 is 8.03 Å².